The lowest BCUT2D eigenvalue weighted by Gasteiger charge is -2.26. The maximum absolute atomic E-state index is 12.5. The molecular formula is C27H29NO4. The molecule has 5 heteroatoms. The van der Waals surface area contributed by atoms with Crippen LogP contribution in [0.15, 0.2) is 73.1 Å². The highest BCUT2D eigenvalue weighted by molar-refractivity contribution is 5.78. The van der Waals surface area contributed by atoms with Gasteiger partial charge < -0.3 is 14.6 Å². The van der Waals surface area contributed by atoms with Gasteiger partial charge in [-0.25, -0.2) is 0 Å². The SMILES string of the molecule is COc1ccc(C(Cc2ccncc2)C(C(=O)O)c2ccccc2)cc1OC1CCCC1. The number of pyridine rings is 1. The molecule has 4 rings (SSSR count). The topological polar surface area (TPSA) is 68.7 Å². The molecule has 0 radical (unpaired) electrons. The van der Waals surface area contributed by atoms with E-state index in [4.69, 9.17) is 9.47 Å². The van der Waals surface area contributed by atoms with E-state index in [0.717, 1.165) is 29.5 Å². The Balaban J connectivity index is 1.75. The van der Waals surface area contributed by atoms with E-state index in [2.05, 4.69) is 4.98 Å². The van der Waals surface area contributed by atoms with Crippen LogP contribution >= 0.6 is 0 Å². The number of benzene rings is 2. The zero-order valence-corrected chi connectivity index (χ0v) is 18.3. The van der Waals surface area contributed by atoms with E-state index >= 15 is 0 Å². The van der Waals surface area contributed by atoms with Crippen LogP contribution in [0.1, 0.15) is 54.2 Å². The van der Waals surface area contributed by atoms with E-state index in [1.807, 2.05) is 60.7 Å². The summed E-state index contributed by atoms with van der Waals surface area (Å²) in [5.74, 6) is -0.459. The molecule has 32 heavy (non-hydrogen) atoms. The van der Waals surface area contributed by atoms with E-state index in [1.165, 1.54) is 12.8 Å². The standard InChI is InChI=1S/C27H29NO4/c1-31-24-12-11-21(18-25(24)32-22-9-5-6-10-22)23(17-19-13-15-28-16-14-19)26(27(29)30)20-7-3-2-4-8-20/h2-4,7-8,11-16,18,22-23,26H,5-6,9-10,17H2,1H3,(H,29,30). The van der Waals surface area contributed by atoms with Crippen molar-refractivity contribution in [3.8, 4) is 11.5 Å². The van der Waals surface area contributed by atoms with Gasteiger partial charge in [-0.05, 0) is 73.1 Å². The molecular weight excluding hydrogens is 402 g/mol. The molecule has 0 saturated heterocycles. The molecule has 0 spiro atoms. The van der Waals surface area contributed by atoms with Crippen LogP contribution < -0.4 is 9.47 Å². The first-order valence-electron chi connectivity index (χ1n) is 11.2. The quantitative estimate of drug-likeness (QED) is 0.477. The zero-order chi connectivity index (χ0) is 22.3. The average molecular weight is 432 g/mol. The Hall–Kier alpha value is -3.34. The van der Waals surface area contributed by atoms with Gasteiger partial charge in [-0.2, -0.15) is 0 Å². The third kappa shape index (κ3) is 5.10. The number of carbonyl (C=O) groups is 1. The van der Waals surface area contributed by atoms with Crippen LogP contribution in [-0.2, 0) is 11.2 Å². The van der Waals surface area contributed by atoms with Crippen LogP contribution in [0.4, 0.5) is 0 Å². The van der Waals surface area contributed by atoms with E-state index in [1.54, 1.807) is 19.5 Å². The number of carboxylic acids is 1. The average Bonchev–Trinajstić information content (AvgIpc) is 3.33. The van der Waals surface area contributed by atoms with Gasteiger partial charge in [0.05, 0.1) is 19.1 Å². The normalized spacial score (nSPS) is 15.8. The van der Waals surface area contributed by atoms with Crippen LogP contribution in [0.2, 0.25) is 0 Å². The molecule has 3 aromatic rings. The second kappa shape index (κ2) is 10.3. The van der Waals surface area contributed by atoms with Crippen LogP contribution in [0.25, 0.3) is 0 Å². The van der Waals surface area contributed by atoms with Gasteiger partial charge >= 0.3 is 5.97 Å². The summed E-state index contributed by atoms with van der Waals surface area (Å²) in [5, 5.41) is 10.3. The lowest BCUT2D eigenvalue weighted by molar-refractivity contribution is -0.139. The lowest BCUT2D eigenvalue weighted by atomic mass is 9.78. The number of nitrogens with zero attached hydrogens (tertiary/aromatic N) is 1. The molecule has 2 unspecified atom stereocenters. The third-order valence-corrected chi connectivity index (χ3v) is 6.24. The highest BCUT2D eigenvalue weighted by Gasteiger charge is 2.32. The minimum Gasteiger partial charge on any atom is -0.493 e. The van der Waals surface area contributed by atoms with Gasteiger partial charge in [-0.3, -0.25) is 9.78 Å². The zero-order valence-electron chi connectivity index (χ0n) is 18.3. The molecule has 166 valence electrons. The summed E-state index contributed by atoms with van der Waals surface area (Å²) in [6.07, 6.45) is 8.66. The molecule has 0 aliphatic heterocycles. The minimum absolute atomic E-state index is 0.183. The second-order valence-corrected chi connectivity index (χ2v) is 8.33. The third-order valence-electron chi connectivity index (χ3n) is 6.24. The van der Waals surface area contributed by atoms with Crippen LogP contribution in [0.3, 0.4) is 0 Å². The van der Waals surface area contributed by atoms with Crippen molar-refractivity contribution in [2.24, 2.45) is 0 Å². The second-order valence-electron chi connectivity index (χ2n) is 8.33. The van der Waals surface area contributed by atoms with Gasteiger partial charge in [0.25, 0.3) is 0 Å². The maximum Gasteiger partial charge on any atom is 0.311 e. The molecule has 1 aliphatic rings. The predicted octanol–water partition coefficient (Wildman–Crippen LogP) is 5.61. The first-order chi connectivity index (χ1) is 15.7. The van der Waals surface area contributed by atoms with Crippen molar-refractivity contribution in [1.29, 1.82) is 0 Å². The fourth-order valence-electron chi connectivity index (χ4n) is 4.61. The lowest BCUT2D eigenvalue weighted by Crippen LogP contribution is -2.22. The van der Waals surface area contributed by atoms with Gasteiger partial charge in [-0.15, -0.1) is 0 Å². The van der Waals surface area contributed by atoms with Gasteiger partial charge in [0.1, 0.15) is 0 Å². The number of hydrogen-bond donors (Lipinski definition) is 1. The molecule has 1 heterocycles. The summed E-state index contributed by atoms with van der Waals surface area (Å²) in [6.45, 7) is 0. The molecule has 5 nitrogen and oxygen atoms in total. The Labute approximate surface area is 189 Å². The Bertz CT molecular complexity index is 1020. The summed E-state index contributed by atoms with van der Waals surface area (Å²) in [7, 11) is 1.63. The van der Waals surface area contributed by atoms with Crippen molar-refractivity contribution in [2.45, 2.75) is 50.0 Å². The summed E-state index contributed by atoms with van der Waals surface area (Å²) in [5.41, 5.74) is 2.75. The fraction of sp³-hybridized carbons (Fsp3) is 0.333. The highest BCUT2D eigenvalue weighted by atomic mass is 16.5. The predicted molar refractivity (Wildman–Crippen MR) is 123 cm³/mol. The molecule has 1 N–H and O–H groups in total. The molecule has 2 aromatic carbocycles. The maximum atomic E-state index is 12.5. The van der Waals surface area contributed by atoms with Crippen molar-refractivity contribution in [1.82, 2.24) is 4.98 Å². The number of hydrogen-bond acceptors (Lipinski definition) is 4. The number of aliphatic carboxylic acids is 1. The Kier molecular flexibility index (Phi) is 7.05. The summed E-state index contributed by atoms with van der Waals surface area (Å²) >= 11 is 0. The summed E-state index contributed by atoms with van der Waals surface area (Å²) in [4.78, 5) is 16.6. The monoisotopic (exact) mass is 431 g/mol. The molecule has 1 saturated carbocycles. The number of aromatic nitrogens is 1. The molecule has 1 fully saturated rings. The van der Waals surface area contributed by atoms with Gasteiger partial charge in [0, 0.05) is 18.3 Å². The van der Waals surface area contributed by atoms with E-state index in [-0.39, 0.29) is 12.0 Å². The number of carboxylic acid groups (broad SMARTS) is 1. The highest BCUT2D eigenvalue weighted by Crippen LogP contribution is 2.40. The molecule has 0 amide bonds. The molecule has 1 aliphatic carbocycles. The first kappa shape index (κ1) is 21.9. The fourth-order valence-corrected chi connectivity index (χ4v) is 4.61. The van der Waals surface area contributed by atoms with Crippen molar-refractivity contribution < 1.29 is 19.4 Å². The Morgan fingerprint density at radius 2 is 1.72 bits per heavy atom. The van der Waals surface area contributed by atoms with E-state index in [0.29, 0.717) is 17.9 Å². The van der Waals surface area contributed by atoms with Gasteiger partial charge in [0.2, 0.25) is 0 Å². The molecule has 0 bridgehead atoms. The van der Waals surface area contributed by atoms with Crippen LogP contribution in [-0.4, -0.2) is 29.3 Å². The minimum atomic E-state index is -0.843. The Morgan fingerprint density at radius 3 is 2.38 bits per heavy atom. The van der Waals surface area contributed by atoms with Crippen molar-refractivity contribution >= 4 is 5.97 Å². The van der Waals surface area contributed by atoms with E-state index < -0.39 is 11.9 Å². The van der Waals surface area contributed by atoms with Crippen LogP contribution in [0.5, 0.6) is 11.5 Å². The summed E-state index contributed by atoms with van der Waals surface area (Å²) < 4.78 is 11.9. The van der Waals surface area contributed by atoms with Crippen LogP contribution in [0, 0.1) is 0 Å². The van der Waals surface area contributed by atoms with Crippen molar-refractivity contribution in [3.05, 3.63) is 89.7 Å². The Morgan fingerprint density at radius 1 is 1.00 bits per heavy atom. The van der Waals surface area contributed by atoms with Gasteiger partial charge in [-0.1, -0.05) is 36.4 Å². The first-order valence-corrected chi connectivity index (χ1v) is 11.2. The smallest absolute Gasteiger partial charge is 0.311 e. The summed E-state index contributed by atoms with van der Waals surface area (Å²) in [6, 6.07) is 19.2. The number of ether oxygens (including phenoxy) is 2. The van der Waals surface area contributed by atoms with Crippen molar-refractivity contribution in [2.75, 3.05) is 7.11 Å². The number of rotatable bonds is 9. The number of methoxy groups -OCH3 is 1. The molecule has 2 atom stereocenters. The molecule has 1 aromatic heterocycles. The largest absolute Gasteiger partial charge is 0.493 e. The van der Waals surface area contributed by atoms with Gasteiger partial charge in [0.15, 0.2) is 11.5 Å². The van der Waals surface area contributed by atoms with Crippen molar-refractivity contribution in [3.63, 3.8) is 0 Å². The van der Waals surface area contributed by atoms with E-state index in [9.17, 15) is 9.90 Å².